The summed E-state index contributed by atoms with van der Waals surface area (Å²) >= 11 is 0. The van der Waals surface area contributed by atoms with E-state index >= 15 is 0 Å². The summed E-state index contributed by atoms with van der Waals surface area (Å²) in [6.45, 7) is 0. The summed E-state index contributed by atoms with van der Waals surface area (Å²) in [4.78, 5) is 17.9. The minimum atomic E-state index is -0.851. The number of primary amides is 1. The third kappa shape index (κ3) is 1.97. The summed E-state index contributed by atoms with van der Waals surface area (Å²) in [5, 5.41) is 7.73. The van der Waals surface area contributed by atoms with Crippen molar-refractivity contribution in [2.75, 3.05) is 0 Å². The largest absolute Gasteiger partial charge is 0.424 e. The number of nitrogens with zero attached hydrogens (tertiary/aromatic N) is 2. The van der Waals surface area contributed by atoms with E-state index in [2.05, 4.69) is 15.7 Å². The molecule has 1 saturated carbocycles. The molecule has 1 aliphatic heterocycles. The number of nitrogens with one attached hydrogen (secondary N) is 1. The van der Waals surface area contributed by atoms with Gasteiger partial charge in [0.25, 0.3) is 5.91 Å². The highest BCUT2D eigenvalue weighted by molar-refractivity contribution is 6.01. The molecular formula is C16H16N4O3. The number of rotatable bonds is 4. The van der Waals surface area contributed by atoms with Crippen molar-refractivity contribution in [2.45, 2.75) is 24.9 Å². The van der Waals surface area contributed by atoms with Crippen molar-refractivity contribution >= 4 is 11.5 Å². The number of aromatic nitrogens is 2. The molecule has 4 rings (SSSR count). The van der Waals surface area contributed by atoms with Crippen LogP contribution in [0.4, 0.5) is 0 Å². The maximum absolute atomic E-state index is 11.9. The number of amides is 1. The van der Waals surface area contributed by atoms with Crippen LogP contribution in [0.1, 0.15) is 30.7 Å². The van der Waals surface area contributed by atoms with Gasteiger partial charge in [0.2, 0.25) is 12.3 Å². The Morgan fingerprint density at radius 2 is 2.09 bits per heavy atom. The smallest absolute Gasteiger partial charge is 0.267 e. The van der Waals surface area contributed by atoms with E-state index in [0.717, 1.165) is 24.8 Å². The fourth-order valence-corrected chi connectivity index (χ4v) is 3.37. The van der Waals surface area contributed by atoms with Crippen LogP contribution in [-0.2, 0) is 15.2 Å². The molecule has 1 fully saturated rings. The lowest BCUT2D eigenvalue weighted by Crippen LogP contribution is -2.41. The van der Waals surface area contributed by atoms with Crippen LogP contribution in [0.25, 0.3) is 5.57 Å². The normalized spacial score (nSPS) is 24.3. The van der Waals surface area contributed by atoms with Gasteiger partial charge in [0.15, 0.2) is 5.60 Å². The van der Waals surface area contributed by atoms with Crippen molar-refractivity contribution in [3.63, 3.8) is 0 Å². The van der Waals surface area contributed by atoms with Crippen LogP contribution in [0.3, 0.4) is 0 Å². The van der Waals surface area contributed by atoms with Gasteiger partial charge in [0, 0.05) is 0 Å². The van der Waals surface area contributed by atoms with Crippen LogP contribution in [-0.4, -0.2) is 16.1 Å². The maximum atomic E-state index is 11.9. The van der Waals surface area contributed by atoms with Crippen LogP contribution in [0.15, 0.2) is 46.8 Å². The molecule has 0 saturated heterocycles. The first-order valence-electron chi connectivity index (χ1n) is 7.54. The van der Waals surface area contributed by atoms with Crippen molar-refractivity contribution in [3.05, 3.63) is 53.9 Å². The molecule has 0 radical (unpaired) electrons. The number of hydroxylamine groups is 1. The summed E-state index contributed by atoms with van der Waals surface area (Å²) in [5.41, 5.74) is 9.01. The second-order valence-electron chi connectivity index (χ2n) is 5.79. The molecule has 7 nitrogen and oxygen atoms in total. The Balaban J connectivity index is 1.96. The summed E-state index contributed by atoms with van der Waals surface area (Å²) in [5.74, 6) is -0.161. The van der Waals surface area contributed by atoms with E-state index in [1.165, 1.54) is 6.39 Å². The number of nitrogens with two attached hydrogens (primary N) is 1. The molecule has 7 heteroatoms. The van der Waals surface area contributed by atoms with E-state index in [1.54, 1.807) is 0 Å². The molecule has 1 aromatic heterocycles. The molecular weight excluding hydrogens is 296 g/mol. The Morgan fingerprint density at radius 1 is 1.30 bits per heavy atom. The van der Waals surface area contributed by atoms with Crippen molar-refractivity contribution < 1.29 is 14.0 Å². The third-order valence-electron chi connectivity index (χ3n) is 4.64. The molecule has 0 bridgehead atoms. The molecule has 1 atom stereocenters. The predicted molar refractivity (Wildman–Crippen MR) is 80.1 cm³/mol. The summed E-state index contributed by atoms with van der Waals surface area (Å²) in [7, 11) is 0. The first-order valence-corrected chi connectivity index (χ1v) is 7.54. The Bertz CT molecular complexity index is 753. The van der Waals surface area contributed by atoms with E-state index in [1.807, 2.05) is 30.3 Å². The van der Waals surface area contributed by atoms with Crippen molar-refractivity contribution in [2.24, 2.45) is 11.7 Å². The standard InChI is InChI=1S/C16H16N4O3/c17-14(21)13-12(15-19-18-9-22-15)16(23-20-13,11-7-4-8-11)10-5-2-1-3-6-10/h1-3,5-6,9,11,20H,4,7-8H2,(H2,17,21). The lowest BCUT2D eigenvalue weighted by Gasteiger charge is -2.42. The van der Waals surface area contributed by atoms with Crippen molar-refractivity contribution in [1.82, 2.24) is 15.7 Å². The second kappa shape index (κ2) is 5.20. The van der Waals surface area contributed by atoms with Gasteiger partial charge in [-0.15, -0.1) is 10.2 Å². The number of hydrogen-bond donors (Lipinski definition) is 2. The first-order chi connectivity index (χ1) is 11.2. The fourth-order valence-electron chi connectivity index (χ4n) is 3.37. The number of carbonyl (C=O) groups is 1. The van der Waals surface area contributed by atoms with Gasteiger partial charge >= 0.3 is 0 Å². The van der Waals surface area contributed by atoms with Gasteiger partial charge in [-0.2, -0.15) is 0 Å². The van der Waals surface area contributed by atoms with Gasteiger partial charge in [-0.25, -0.2) is 0 Å². The maximum Gasteiger partial charge on any atom is 0.267 e. The van der Waals surface area contributed by atoms with E-state index in [-0.39, 0.29) is 17.5 Å². The van der Waals surface area contributed by atoms with Crippen LogP contribution in [0.2, 0.25) is 0 Å². The number of benzene rings is 1. The molecule has 118 valence electrons. The van der Waals surface area contributed by atoms with Gasteiger partial charge in [-0.3, -0.25) is 15.1 Å². The van der Waals surface area contributed by atoms with Crippen LogP contribution < -0.4 is 11.2 Å². The Morgan fingerprint density at radius 3 is 2.65 bits per heavy atom. The van der Waals surface area contributed by atoms with E-state index in [4.69, 9.17) is 15.0 Å². The highest BCUT2D eigenvalue weighted by Gasteiger charge is 2.55. The lowest BCUT2D eigenvalue weighted by molar-refractivity contribution is -0.119. The summed E-state index contributed by atoms with van der Waals surface area (Å²) < 4.78 is 5.39. The summed E-state index contributed by atoms with van der Waals surface area (Å²) in [6, 6.07) is 9.76. The quantitative estimate of drug-likeness (QED) is 0.886. The van der Waals surface area contributed by atoms with Gasteiger partial charge in [0.1, 0.15) is 5.70 Å². The Kier molecular flexibility index (Phi) is 3.16. The lowest BCUT2D eigenvalue weighted by atomic mass is 9.66. The first kappa shape index (κ1) is 14.0. The minimum absolute atomic E-state index is 0.171. The molecule has 3 N–H and O–H groups in total. The average Bonchev–Trinajstić information content (AvgIpc) is 3.13. The zero-order valence-corrected chi connectivity index (χ0v) is 12.4. The van der Waals surface area contributed by atoms with Gasteiger partial charge in [-0.1, -0.05) is 36.8 Å². The monoisotopic (exact) mass is 312 g/mol. The van der Waals surface area contributed by atoms with Crippen molar-refractivity contribution in [3.8, 4) is 0 Å². The minimum Gasteiger partial charge on any atom is -0.424 e. The van der Waals surface area contributed by atoms with Gasteiger partial charge in [0.05, 0.1) is 5.57 Å². The topological polar surface area (TPSA) is 103 Å². The highest BCUT2D eigenvalue weighted by Crippen LogP contribution is 2.54. The molecule has 1 unspecified atom stereocenters. The van der Waals surface area contributed by atoms with E-state index in [9.17, 15) is 4.79 Å². The van der Waals surface area contributed by atoms with Gasteiger partial charge in [-0.05, 0) is 24.3 Å². The SMILES string of the molecule is NC(=O)C1=C(c2nnco2)C(c2ccccc2)(C2CCC2)ON1. The zero-order chi connectivity index (χ0) is 15.9. The molecule has 1 amide bonds. The molecule has 0 spiro atoms. The third-order valence-corrected chi connectivity index (χ3v) is 4.64. The predicted octanol–water partition coefficient (Wildman–Crippen LogP) is 1.50. The van der Waals surface area contributed by atoms with Gasteiger partial charge < -0.3 is 10.2 Å². The molecule has 2 heterocycles. The molecule has 2 aliphatic rings. The average molecular weight is 312 g/mol. The number of hydrogen-bond acceptors (Lipinski definition) is 6. The second-order valence-corrected chi connectivity index (χ2v) is 5.79. The van der Waals surface area contributed by atoms with E-state index < -0.39 is 11.5 Å². The molecule has 1 aliphatic carbocycles. The summed E-state index contributed by atoms with van der Waals surface area (Å²) in [6.07, 6.45) is 4.32. The fraction of sp³-hybridized carbons (Fsp3) is 0.312. The Hall–Kier alpha value is -2.67. The van der Waals surface area contributed by atoms with Crippen molar-refractivity contribution in [1.29, 1.82) is 0 Å². The van der Waals surface area contributed by atoms with Crippen LogP contribution in [0, 0.1) is 5.92 Å². The molecule has 2 aromatic rings. The van der Waals surface area contributed by atoms with Crippen LogP contribution in [0.5, 0.6) is 0 Å². The molecule has 1 aromatic carbocycles. The van der Waals surface area contributed by atoms with Crippen LogP contribution >= 0.6 is 0 Å². The Labute approximate surface area is 132 Å². The number of carbonyl (C=O) groups excluding carboxylic acids is 1. The highest BCUT2D eigenvalue weighted by atomic mass is 16.7. The zero-order valence-electron chi connectivity index (χ0n) is 12.4. The van der Waals surface area contributed by atoms with E-state index in [0.29, 0.717) is 5.57 Å². The molecule has 23 heavy (non-hydrogen) atoms.